The molecule has 19 heavy (non-hydrogen) atoms. The van der Waals surface area contributed by atoms with Gasteiger partial charge in [-0.05, 0) is 24.7 Å². The van der Waals surface area contributed by atoms with Gasteiger partial charge in [0.2, 0.25) is 0 Å². The molecule has 0 saturated heterocycles. The van der Waals surface area contributed by atoms with Crippen LogP contribution in [0.3, 0.4) is 0 Å². The van der Waals surface area contributed by atoms with Crippen molar-refractivity contribution in [1.82, 2.24) is 15.1 Å². The van der Waals surface area contributed by atoms with E-state index in [0.29, 0.717) is 0 Å². The molecule has 102 valence electrons. The number of aromatic nitrogens is 2. The monoisotopic (exact) mass is 278 g/mol. The molecular weight excluding hydrogens is 260 g/mol. The quantitative estimate of drug-likeness (QED) is 0.912. The van der Waals surface area contributed by atoms with Crippen molar-refractivity contribution in [3.8, 4) is 0 Å². The predicted octanol–water partition coefficient (Wildman–Crippen LogP) is 2.43. The molecule has 0 aliphatic rings. The lowest BCUT2D eigenvalue weighted by Crippen LogP contribution is -2.16. The molecule has 0 spiro atoms. The van der Waals surface area contributed by atoms with Gasteiger partial charge in [0.05, 0.1) is 16.9 Å². The third-order valence-corrected chi connectivity index (χ3v) is 3.29. The molecule has 1 heterocycles. The number of nitrogens with one attached hydrogen (secondary N) is 1. The number of halogens is 1. The number of anilines is 1. The molecule has 0 aliphatic heterocycles. The fourth-order valence-corrected chi connectivity index (χ4v) is 2.43. The van der Waals surface area contributed by atoms with Gasteiger partial charge in [0.15, 0.2) is 0 Å². The van der Waals surface area contributed by atoms with Gasteiger partial charge in [0, 0.05) is 38.9 Å². The average molecular weight is 279 g/mol. The van der Waals surface area contributed by atoms with Crippen LogP contribution in [0.1, 0.15) is 11.1 Å². The Morgan fingerprint density at radius 3 is 2.74 bits per heavy atom. The summed E-state index contributed by atoms with van der Waals surface area (Å²) in [5.74, 6) is 0. The summed E-state index contributed by atoms with van der Waals surface area (Å²) < 4.78 is 1.81. The van der Waals surface area contributed by atoms with Gasteiger partial charge in [0.25, 0.3) is 0 Å². The molecule has 1 aromatic heterocycles. The van der Waals surface area contributed by atoms with Crippen molar-refractivity contribution in [1.29, 1.82) is 0 Å². The third-order valence-electron chi connectivity index (χ3n) is 2.98. The molecule has 5 heteroatoms. The highest BCUT2D eigenvalue weighted by Crippen LogP contribution is 2.27. The van der Waals surface area contributed by atoms with E-state index in [-0.39, 0.29) is 0 Å². The first kappa shape index (κ1) is 13.9. The van der Waals surface area contributed by atoms with Gasteiger partial charge in [-0.15, -0.1) is 0 Å². The Morgan fingerprint density at radius 1 is 1.37 bits per heavy atom. The molecule has 0 bridgehead atoms. The average Bonchev–Trinajstić information content (AvgIpc) is 2.75. The summed E-state index contributed by atoms with van der Waals surface area (Å²) in [6, 6.07) is 6.16. The van der Waals surface area contributed by atoms with Crippen LogP contribution in [-0.4, -0.2) is 23.9 Å². The summed E-state index contributed by atoms with van der Waals surface area (Å²) in [4.78, 5) is 2.13. The molecule has 2 rings (SSSR count). The second kappa shape index (κ2) is 6.08. The lowest BCUT2D eigenvalue weighted by molar-refractivity contribution is 0.766. The van der Waals surface area contributed by atoms with Gasteiger partial charge in [-0.1, -0.05) is 17.7 Å². The highest BCUT2D eigenvalue weighted by molar-refractivity contribution is 6.33. The van der Waals surface area contributed by atoms with Crippen LogP contribution in [0.2, 0.25) is 5.02 Å². The zero-order valence-electron chi connectivity index (χ0n) is 11.5. The second-order valence-corrected chi connectivity index (χ2v) is 5.10. The minimum atomic E-state index is 0.777. The first-order valence-corrected chi connectivity index (χ1v) is 6.59. The number of hydrogen-bond acceptors (Lipinski definition) is 3. The Balaban J connectivity index is 2.12. The third kappa shape index (κ3) is 3.49. The lowest BCUT2D eigenvalue weighted by atomic mass is 10.2. The minimum absolute atomic E-state index is 0.777. The molecule has 0 radical (unpaired) electrons. The molecule has 4 nitrogen and oxygen atoms in total. The number of aryl methyl sites for hydroxylation is 1. The van der Waals surface area contributed by atoms with Crippen LogP contribution < -0.4 is 10.2 Å². The first-order valence-electron chi connectivity index (χ1n) is 6.22. The second-order valence-electron chi connectivity index (χ2n) is 4.69. The molecule has 2 aromatic rings. The smallest absolute Gasteiger partial charge is 0.0642 e. The van der Waals surface area contributed by atoms with Gasteiger partial charge in [-0.25, -0.2) is 0 Å². The lowest BCUT2D eigenvalue weighted by Gasteiger charge is -2.20. The van der Waals surface area contributed by atoms with Crippen LogP contribution in [-0.2, 0) is 20.1 Å². The summed E-state index contributed by atoms with van der Waals surface area (Å²) in [7, 11) is 5.88. The van der Waals surface area contributed by atoms with E-state index < -0.39 is 0 Å². The molecule has 0 saturated carbocycles. The number of benzene rings is 1. The summed E-state index contributed by atoms with van der Waals surface area (Å²) >= 11 is 6.34. The van der Waals surface area contributed by atoms with Crippen LogP contribution in [0.5, 0.6) is 0 Å². The van der Waals surface area contributed by atoms with E-state index in [2.05, 4.69) is 27.4 Å². The van der Waals surface area contributed by atoms with Crippen molar-refractivity contribution in [2.45, 2.75) is 13.1 Å². The summed E-state index contributed by atoms with van der Waals surface area (Å²) in [6.45, 7) is 1.62. The van der Waals surface area contributed by atoms with E-state index in [1.807, 2.05) is 39.6 Å². The van der Waals surface area contributed by atoms with Crippen LogP contribution in [0.25, 0.3) is 0 Å². The number of rotatable bonds is 5. The van der Waals surface area contributed by atoms with Crippen molar-refractivity contribution in [3.63, 3.8) is 0 Å². The zero-order chi connectivity index (χ0) is 13.8. The van der Waals surface area contributed by atoms with Crippen LogP contribution in [0.15, 0.2) is 30.6 Å². The minimum Gasteiger partial charge on any atom is -0.369 e. The topological polar surface area (TPSA) is 33.1 Å². The number of hydrogen-bond donors (Lipinski definition) is 1. The Labute approximate surface area is 119 Å². The molecule has 0 atom stereocenters. The highest BCUT2D eigenvalue weighted by atomic mass is 35.5. The van der Waals surface area contributed by atoms with E-state index in [9.17, 15) is 0 Å². The molecule has 0 unspecified atom stereocenters. The van der Waals surface area contributed by atoms with E-state index in [1.165, 1.54) is 11.1 Å². The maximum Gasteiger partial charge on any atom is 0.0642 e. The summed E-state index contributed by atoms with van der Waals surface area (Å²) in [6.07, 6.45) is 3.89. The van der Waals surface area contributed by atoms with Crippen molar-refractivity contribution in [2.75, 3.05) is 19.0 Å². The maximum atomic E-state index is 6.34. The van der Waals surface area contributed by atoms with Gasteiger partial charge in [-0.2, -0.15) is 5.10 Å². The first-order chi connectivity index (χ1) is 9.10. The molecular formula is C14H19ClN4. The largest absolute Gasteiger partial charge is 0.369 e. The molecule has 0 aliphatic carbocycles. The van der Waals surface area contributed by atoms with Gasteiger partial charge >= 0.3 is 0 Å². The SMILES string of the molecule is CNCc1ccc(N(C)Cc2cnn(C)c2)c(Cl)c1. The van der Waals surface area contributed by atoms with E-state index in [4.69, 9.17) is 11.6 Å². The predicted molar refractivity (Wildman–Crippen MR) is 79.5 cm³/mol. The van der Waals surface area contributed by atoms with Crippen LogP contribution in [0.4, 0.5) is 5.69 Å². The zero-order valence-corrected chi connectivity index (χ0v) is 12.3. The standard InChI is InChI=1S/C14H19ClN4/c1-16-7-11-4-5-14(13(15)6-11)18(2)9-12-8-17-19(3)10-12/h4-6,8,10,16H,7,9H2,1-3H3. The summed E-state index contributed by atoms with van der Waals surface area (Å²) in [5, 5.41) is 8.07. The Morgan fingerprint density at radius 2 is 2.16 bits per heavy atom. The van der Waals surface area contributed by atoms with Crippen molar-refractivity contribution in [2.24, 2.45) is 7.05 Å². The Hall–Kier alpha value is -1.52. The van der Waals surface area contributed by atoms with Gasteiger partial charge < -0.3 is 10.2 Å². The molecule has 1 N–H and O–H groups in total. The van der Waals surface area contributed by atoms with Crippen LogP contribution >= 0.6 is 11.6 Å². The molecule has 0 fully saturated rings. The Bertz CT molecular complexity index is 550. The fraction of sp³-hybridized carbons (Fsp3) is 0.357. The summed E-state index contributed by atoms with van der Waals surface area (Å²) in [5.41, 5.74) is 3.39. The molecule has 0 amide bonds. The van der Waals surface area contributed by atoms with E-state index in [1.54, 1.807) is 4.68 Å². The van der Waals surface area contributed by atoms with Gasteiger partial charge in [-0.3, -0.25) is 4.68 Å². The Kier molecular flexibility index (Phi) is 4.45. The van der Waals surface area contributed by atoms with Crippen LogP contribution in [0, 0.1) is 0 Å². The van der Waals surface area contributed by atoms with E-state index in [0.717, 1.165) is 23.8 Å². The maximum absolute atomic E-state index is 6.34. The van der Waals surface area contributed by atoms with Crippen molar-refractivity contribution >= 4 is 17.3 Å². The highest BCUT2D eigenvalue weighted by Gasteiger charge is 2.08. The van der Waals surface area contributed by atoms with Crippen molar-refractivity contribution < 1.29 is 0 Å². The van der Waals surface area contributed by atoms with Gasteiger partial charge in [0.1, 0.15) is 0 Å². The number of nitrogens with zero attached hydrogens (tertiary/aromatic N) is 3. The fourth-order valence-electron chi connectivity index (χ4n) is 2.09. The van der Waals surface area contributed by atoms with Crippen molar-refractivity contribution in [3.05, 3.63) is 46.7 Å². The van der Waals surface area contributed by atoms with E-state index >= 15 is 0 Å². The normalized spacial score (nSPS) is 10.7. The molecule has 1 aromatic carbocycles.